The summed E-state index contributed by atoms with van der Waals surface area (Å²) in [7, 11) is 0. The van der Waals surface area contributed by atoms with Gasteiger partial charge in [0.15, 0.2) is 5.82 Å². The highest BCUT2D eigenvalue weighted by atomic mass is 35.5. The van der Waals surface area contributed by atoms with Crippen molar-refractivity contribution in [2.45, 2.75) is 6.54 Å². The second kappa shape index (κ2) is 4.47. The molecular formula is C11H11ClN4O. The molecule has 2 rings (SSSR count). The van der Waals surface area contributed by atoms with Gasteiger partial charge < -0.3 is 11.5 Å². The molecule has 0 saturated heterocycles. The van der Waals surface area contributed by atoms with E-state index in [-0.39, 0.29) is 11.4 Å². The van der Waals surface area contributed by atoms with E-state index in [0.29, 0.717) is 11.6 Å². The summed E-state index contributed by atoms with van der Waals surface area (Å²) < 4.78 is 1.54. The van der Waals surface area contributed by atoms with Gasteiger partial charge in [0.1, 0.15) is 5.56 Å². The highest BCUT2D eigenvalue weighted by molar-refractivity contribution is 6.31. The molecule has 0 spiro atoms. The van der Waals surface area contributed by atoms with E-state index in [4.69, 9.17) is 23.1 Å². The number of nitrogens with zero attached hydrogens (tertiary/aromatic N) is 2. The lowest BCUT2D eigenvalue weighted by Crippen LogP contribution is -2.11. The van der Waals surface area contributed by atoms with Gasteiger partial charge in [0.25, 0.3) is 5.91 Å². The van der Waals surface area contributed by atoms with E-state index >= 15 is 0 Å². The van der Waals surface area contributed by atoms with Crippen molar-refractivity contribution in [1.82, 2.24) is 9.78 Å². The Kier molecular flexibility index (Phi) is 3.01. The highest BCUT2D eigenvalue weighted by Crippen LogP contribution is 2.17. The maximum atomic E-state index is 11.0. The molecule has 0 fully saturated rings. The van der Waals surface area contributed by atoms with Crippen molar-refractivity contribution >= 4 is 23.3 Å². The van der Waals surface area contributed by atoms with Crippen molar-refractivity contribution in [1.29, 1.82) is 0 Å². The lowest BCUT2D eigenvalue weighted by Gasteiger charge is -2.03. The monoisotopic (exact) mass is 250 g/mol. The Morgan fingerprint density at radius 1 is 1.41 bits per heavy atom. The van der Waals surface area contributed by atoms with Crippen LogP contribution in [0.5, 0.6) is 0 Å². The molecule has 0 aliphatic carbocycles. The number of benzene rings is 1. The number of nitrogen functional groups attached to an aromatic ring is 1. The Morgan fingerprint density at radius 2 is 2.12 bits per heavy atom. The van der Waals surface area contributed by atoms with Crippen LogP contribution >= 0.6 is 11.6 Å². The lowest BCUT2D eigenvalue weighted by atomic mass is 10.2. The Bertz CT molecular complexity index is 564. The first kappa shape index (κ1) is 11.5. The van der Waals surface area contributed by atoms with Crippen LogP contribution in [0.15, 0.2) is 30.5 Å². The SMILES string of the molecule is NC(=O)c1cn(Cc2ccccc2Cl)nc1N. The molecule has 0 unspecified atom stereocenters. The van der Waals surface area contributed by atoms with E-state index in [9.17, 15) is 4.79 Å². The summed E-state index contributed by atoms with van der Waals surface area (Å²) in [6.45, 7) is 0.442. The number of aromatic nitrogens is 2. The zero-order valence-corrected chi connectivity index (χ0v) is 9.69. The van der Waals surface area contributed by atoms with Gasteiger partial charge >= 0.3 is 0 Å². The van der Waals surface area contributed by atoms with E-state index in [1.54, 1.807) is 6.07 Å². The van der Waals surface area contributed by atoms with Gasteiger partial charge in [-0.3, -0.25) is 9.48 Å². The molecule has 2 aromatic rings. The summed E-state index contributed by atoms with van der Waals surface area (Å²) in [5.74, 6) is -0.461. The van der Waals surface area contributed by atoms with Crippen molar-refractivity contribution in [2.75, 3.05) is 5.73 Å². The molecule has 0 radical (unpaired) electrons. The van der Waals surface area contributed by atoms with Crippen LogP contribution in [-0.4, -0.2) is 15.7 Å². The maximum Gasteiger partial charge on any atom is 0.254 e. The zero-order chi connectivity index (χ0) is 12.4. The second-order valence-corrected chi connectivity index (χ2v) is 3.99. The first-order chi connectivity index (χ1) is 8.08. The Hall–Kier alpha value is -2.01. The fourth-order valence-corrected chi connectivity index (χ4v) is 1.70. The minimum atomic E-state index is -0.590. The third-order valence-electron chi connectivity index (χ3n) is 2.35. The number of anilines is 1. The van der Waals surface area contributed by atoms with Gasteiger partial charge in [0.2, 0.25) is 0 Å². The normalized spacial score (nSPS) is 10.4. The minimum absolute atomic E-state index is 0.129. The third-order valence-corrected chi connectivity index (χ3v) is 2.71. The van der Waals surface area contributed by atoms with Gasteiger partial charge in [-0.25, -0.2) is 0 Å². The highest BCUT2D eigenvalue weighted by Gasteiger charge is 2.11. The summed E-state index contributed by atoms with van der Waals surface area (Å²) in [5, 5.41) is 4.64. The van der Waals surface area contributed by atoms with Crippen molar-refractivity contribution in [3.05, 3.63) is 46.6 Å². The Morgan fingerprint density at radius 3 is 2.71 bits per heavy atom. The number of halogens is 1. The van der Waals surface area contributed by atoms with Crippen LogP contribution in [0.2, 0.25) is 5.02 Å². The van der Waals surface area contributed by atoms with Gasteiger partial charge in [-0.1, -0.05) is 29.8 Å². The first-order valence-corrected chi connectivity index (χ1v) is 5.32. The van der Waals surface area contributed by atoms with E-state index in [2.05, 4.69) is 5.10 Å². The van der Waals surface area contributed by atoms with E-state index < -0.39 is 5.91 Å². The first-order valence-electron chi connectivity index (χ1n) is 4.94. The van der Waals surface area contributed by atoms with Gasteiger partial charge in [-0.15, -0.1) is 0 Å². The van der Waals surface area contributed by atoms with Crippen LogP contribution in [0, 0.1) is 0 Å². The number of rotatable bonds is 3. The average Bonchev–Trinajstić information content (AvgIpc) is 2.63. The van der Waals surface area contributed by atoms with E-state index in [0.717, 1.165) is 5.56 Å². The standard InChI is InChI=1S/C11H11ClN4O/c12-9-4-2-1-3-7(9)5-16-6-8(11(14)17)10(13)15-16/h1-4,6H,5H2,(H2,13,15)(H2,14,17). The zero-order valence-electron chi connectivity index (χ0n) is 8.93. The van der Waals surface area contributed by atoms with Gasteiger partial charge in [-0.2, -0.15) is 5.10 Å². The third kappa shape index (κ3) is 2.39. The van der Waals surface area contributed by atoms with Crippen molar-refractivity contribution in [3.8, 4) is 0 Å². The van der Waals surface area contributed by atoms with Crippen molar-refractivity contribution < 1.29 is 4.79 Å². The molecule has 6 heteroatoms. The molecule has 0 saturated carbocycles. The van der Waals surface area contributed by atoms with Crippen LogP contribution in [0.1, 0.15) is 15.9 Å². The number of carbonyl (C=O) groups is 1. The summed E-state index contributed by atoms with van der Waals surface area (Å²) in [4.78, 5) is 11.0. The fraction of sp³-hybridized carbons (Fsp3) is 0.0909. The molecule has 1 heterocycles. The predicted molar refractivity (Wildman–Crippen MR) is 65.7 cm³/mol. The number of hydrogen-bond donors (Lipinski definition) is 2. The lowest BCUT2D eigenvalue weighted by molar-refractivity contribution is 0.100. The Balaban J connectivity index is 2.28. The second-order valence-electron chi connectivity index (χ2n) is 3.58. The van der Waals surface area contributed by atoms with E-state index in [1.165, 1.54) is 10.9 Å². The van der Waals surface area contributed by atoms with Crippen LogP contribution in [0.25, 0.3) is 0 Å². The van der Waals surface area contributed by atoms with E-state index in [1.807, 2.05) is 18.2 Å². The summed E-state index contributed by atoms with van der Waals surface area (Å²) in [5.41, 5.74) is 11.8. The molecule has 1 aromatic heterocycles. The fourth-order valence-electron chi connectivity index (χ4n) is 1.51. The van der Waals surface area contributed by atoms with Crippen LogP contribution < -0.4 is 11.5 Å². The molecule has 0 aliphatic rings. The number of primary amides is 1. The largest absolute Gasteiger partial charge is 0.382 e. The Labute approximate surface area is 103 Å². The molecule has 4 N–H and O–H groups in total. The van der Waals surface area contributed by atoms with Crippen LogP contribution in [0.4, 0.5) is 5.82 Å². The topological polar surface area (TPSA) is 86.9 Å². The maximum absolute atomic E-state index is 11.0. The summed E-state index contributed by atoms with van der Waals surface area (Å²) in [6.07, 6.45) is 1.51. The van der Waals surface area contributed by atoms with Crippen molar-refractivity contribution in [3.63, 3.8) is 0 Å². The van der Waals surface area contributed by atoms with Crippen LogP contribution in [-0.2, 0) is 6.54 Å². The molecule has 88 valence electrons. The van der Waals surface area contributed by atoms with Gasteiger partial charge in [0.05, 0.1) is 6.54 Å². The predicted octanol–water partition coefficient (Wildman–Crippen LogP) is 1.27. The number of nitrogens with two attached hydrogens (primary N) is 2. The quantitative estimate of drug-likeness (QED) is 0.860. The molecule has 0 bridgehead atoms. The number of carbonyl (C=O) groups excluding carboxylic acids is 1. The van der Waals surface area contributed by atoms with Gasteiger partial charge in [-0.05, 0) is 11.6 Å². The average molecular weight is 251 g/mol. The minimum Gasteiger partial charge on any atom is -0.382 e. The number of amides is 1. The molecule has 0 aliphatic heterocycles. The summed E-state index contributed by atoms with van der Waals surface area (Å²) >= 11 is 6.02. The smallest absolute Gasteiger partial charge is 0.254 e. The molecule has 0 atom stereocenters. The van der Waals surface area contributed by atoms with Crippen molar-refractivity contribution in [2.24, 2.45) is 5.73 Å². The molecular weight excluding hydrogens is 240 g/mol. The summed E-state index contributed by atoms with van der Waals surface area (Å²) in [6, 6.07) is 7.39. The molecule has 5 nitrogen and oxygen atoms in total. The van der Waals surface area contributed by atoms with Gasteiger partial charge in [0, 0.05) is 11.2 Å². The molecule has 1 aromatic carbocycles. The van der Waals surface area contributed by atoms with Crippen LogP contribution in [0.3, 0.4) is 0 Å². The number of hydrogen-bond acceptors (Lipinski definition) is 3. The molecule has 17 heavy (non-hydrogen) atoms. The molecule has 1 amide bonds.